The molecule has 0 aliphatic carbocycles. The van der Waals surface area contributed by atoms with Crippen molar-refractivity contribution in [3.8, 4) is 0 Å². The molecule has 1 unspecified atom stereocenters. The van der Waals surface area contributed by atoms with Gasteiger partial charge in [0, 0.05) is 37.7 Å². The monoisotopic (exact) mass is 363 g/mol. The zero-order valence-corrected chi connectivity index (χ0v) is 15.1. The van der Waals surface area contributed by atoms with E-state index in [4.69, 9.17) is 5.11 Å². The minimum absolute atomic E-state index is 0.0489. The standard InChI is InChI=1S/C18H25N3O5/c1-12-5-7-20(8-6-12)15-4-3-14(10-16(15)21(25)26)18(24)19-11-13(2)9-17(22)23/h3-4,10,12-13H,5-9,11H2,1-2H3,(H,19,24)(H,22,23). The summed E-state index contributed by atoms with van der Waals surface area (Å²) in [6.07, 6.45) is 1.93. The van der Waals surface area contributed by atoms with E-state index in [1.807, 2.05) is 4.90 Å². The lowest BCUT2D eigenvalue weighted by molar-refractivity contribution is -0.384. The van der Waals surface area contributed by atoms with Crippen LogP contribution in [0.15, 0.2) is 18.2 Å². The molecule has 2 rings (SSSR count). The molecule has 1 fully saturated rings. The lowest BCUT2D eigenvalue weighted by Crippen LogP contribution is -2.33. The zero-order chi connectivity index (χ0) is 19.3. The molecular formula is C18H25N3O5. The number of carboxylic acids is 1. The van der Waals surface area contributed by atoms with Crippen LogP contribution in [0.3, 0.4) is 0 Å². The van der Waals surface area contributed by atoms with Gasteiger partial charge >= 0.3 is 5.97 Å². The van der Waals surface area contributed by atoms with Crippen LogP contribution in [-0.4, -0.2) is 41.5 Å². The summed E-state index contributed by atoms with van der Waals surface area (Å²) in [7, 11) is 0. The molecule has 2 N–H and O–H groups in total. The number of carbonyl (C=O) groups is 2. The van der Waals surface area contributed by atoms with Crippen molar-refractivity contribution < 1.29 is 19.6 Å². The van der Waals surface area contributed by atoms with Crippen LogP contribution in [0.5, 0.6) is 0 Å². The third kappa shape index (κ3) is 5.18. The Hall–Kier alpha value is -2.64. The fourth-order valence-corrected chi connectivity index (χ4v) is 3.07. The lowest BCUT2D eigenvalue weighted by atomic mass is 9.98. The van der Waals surface area contributed by atoms with Gasteiger partial charge in [0.1, 0.15) is 5.69 Å². The number of aliphatic carboxylic acids is 1. The number of nitrogens with zero attached hydrogens (tertiary/aromatic N) is 2. The molecule has 0 bridgehead atoms. The largest absolute Gasteiger partial charge is 0.481 e. The maximum Gasteiger partial charge on any atom is 0.303 e. The fourth-order valence-electron chi connectivity index (χ4n) is 3.07. The van der Waals surface area contributed by atoms with Gasteiger partial charge in [0.2, 0.25) is 0 Å². The van der Waals surface area contributed by atoms with E-state index in [0.717, 1.165) is 25.9 Å². The first-order chi connectivity index (χ1) is 12.3. The Morgan fingerprint density at radius 3 is 2.62 bits per heavy atom. The molecule has 1 aliphatic heterocycles. The van der Waals surface area contributed by atoms with E-state index in [1.54, 1.807) is 19.1 Å². The zero-order valence-electron chi connectivity index (χ0n) is 15.1. The van der Waals surface area contributed by atoms with Gasteiger partial charge in [-0.1, -0.05) is 13.8 Å². The van der Waals surface area contributed by atoms with Crippen molar-refractivity contribution in [1.82, 2.24) is 5.32 Å². The second kappa shape index (κ2) is 8.64. The first-order valence-electron chi connectivity index (χ1n) is 8.81. The number of nitrogens with one attached hydrogen (secondary N) is 1. The Morgan fingerprint density at radius 2 is 2.04 bits per heavy atom. The summed E-state index contributed by atoms with van der Waals surface area (Å²) in [4.78, 5) is 35.9. The summed E-state index contributed by atoms with van der Waals surface area (Å²) in [5.41, 5.74) is 0.664. The molecule has 142 valence electrons. The van der Waals surface area contributed by atoms with Crippen molar-refractivity contribution in [2.45, 2.75) is 33.1 Å². The normalized spacial score (nSPS) is 16.2. The quantitative estimate of drug-likeness (QED) is 0.569. The third-order valence-electron chi connectivity index (χ3n) is 4.69. The van der Waals surface area contributed by atoms with Crippen LogP contribution < -0.4 is 10.2 Å². The Morgan fingerprint density at radius 1 is 1.38 bits per heavy atom. The maximum atomic E-state index is 12.2. The predicted molar refractivity (Wildman–Crippen MR) is 97.5 cm³/mol. The molecule has 0 saturated carbocycles. The molecule has 1 atom stereocenters. The van der Waals surface area contributed by atoms with E-state index >= 15 is 0 Å². The summed E-state index contributed by atoms with van der Waals surface area (Å²) in [6, 6.07) is 4.51. The van der Waals surface area contributed by atoms with Gasteiger partial charge in [-0.05, 0) is 36.8 Å². The molecule has 26 heavy (non-hydrogen) atoms. The third-order valence-corrected chi connectivity index (χ3v) is 4.69. The predicted octanol–water partition coefficient (Wildman–Crippen LogP) is 2.67. The van der Waals surface area contributed by atoms with Crippen LogP contribution in [-0.2, 0) is 4.79 Å². The fraction of sp³-hybridized carbons (Fsp3) is 0.556. The summed E-state index contributed by atoms with van der Waals surface area (Å²) >= 11 is 0. The Balaban J connectivity index is 2.10. The second-order valence-corrected chi connectivity index (χ2v) is 7.04. The molecule has 0 aromatic heterocycles. The van der Waals surface area contributed by atoms with Crippen molar-refractivity contribution in [2.24, 2.45) is 11.8 Å². The molecule has 1 aromatic rings. The number of rotatable bonds is 7. The van der Waals surface area contributed by atoms with Crippen molar-refractivity contribution in [2.75, 3.05) is 24.5 Å². The topological polar surface area (TPSA) is 113 Å². The number of benzene rings is 1. The first kappa shape index (κ1) is 19.7. The Bertz CT molecular complexity index is 683. The molecule has 8 nitrogen and oxygen atoms in total. The van der Waals surface area contributed by atoms with E-state index in [9.17, 15) is 19.7 Å². The average Bonchev–Trinajstić information content (AvgIpc) is 2.59. The van der Waals surface area contributed by atoms with Gasteiger partial charge in [0.25, 0.3) is 11.6 Å². The number of carboxylic acid groups (broad SMARTS) is 1. The van der Waals surface area contributed by atoms with Gasteiger partial charge in [-0.3, -0.25) is 19.7 Å². The Labute approximate surface area is 152 Å². The van der Waals surface area contributed by atoms with Gasteiger partial charge < -0.3 is 15.3 Å². The molecule has 1 saturated heterocycles. The van der Waals surface area contributed by atoms with Crippen LogP contribution in [0.25, 0.3) is 0 Å². The minimum atomic E-state index is -0.928. The highest BCUT2D eigenvalue weighted by molar-refractivity contribution is 5.95. The van der Waals surface area contributed by atoms with Gasteiger partial charge in [0.05, 0.1) is 4.92 Å². The van der Waals surface area contributed by atoms with E-state index < -0.39 is 16.8 Å². The van der Waals surface area contributed by atoms with E-state index in [-0.39, 0.29) is 30.1 Å². The molecule has 1 aromatic carbocycles. The molecule has 8 heteroatoms. The number of nitro benzene ring substituents is 1. The molecule has 1 heterocycles. The number of hydrogen-bond donors (Lipinski definition) is 2. The van der Waals surface area contributed by atoms with Gasteiger partial charge in [0.15, 0.2) is 0 Å². The summed E-state index contributed by atoms with van der Waals surface area (Å²) in [5.74, 6) is -0.976. The molecule has 0 radical (unpaired) electrons. The van der Waals surface area contributed by atoms with Crippen LogP contribution in [0.4, 0.5) is 11.4 Å². The van der Waals surface area contributed by atoms with E-state index in [0.29, 0.717) is 11.6 Å². The van der Waals surface area contributed by atoms with Crippen LogP contribution in [0, 0.1) is 22.0 Å². The smallest absolute Gasteiger partial charge is 0.303 e. The number of piperidine rings is 1. The van der Waals surface area contributed by atoms with E-state index in [2.05, 4.69) is 12.2 Å². The van der Waals surface area contributed by atoms with E-state index in [1.165, 1.54) is 6.07 Å². The van der Waals surface area contributed by atoms with Crippen LogP contribution in [0.1, 0.15) is 43.5 Å². The lowest BCUT2D eigenvalue weighted by Gasteiger charge is -2.31. The van der Waals surface area contributed by atoms with Crippen molar-refractivity contribution >= 4 is 23.3 Å². The maximum absolute atomic E-state index is 12.2. The molecule has 1 amide bonds. The number of hydrogen-bond acceptors (Lipinski definition) is 5. The highest BCUT2D eigenvalue weighted by Gasteiger charge is 2.24. The highest BCUT2D eigenvalue weighted by atomic mass is 16.6. The Kier molecular flexibility index (Phi) is 6.54. The van der Waals surface area contributed by atoms with Crippen molar-refractivity contribution in [1.29, 1.82) is 0 Å². The van der Waals surface area contributed by atoms with Crippen LogP contribution >= 0.6 is 0 Å². The number of carbonyl (C=O) groups excluding carboxylic acids is 1. The molecule has 0 spiro atoms. The SMILES string of the molecule is CC1CCN(c2ccc(C(=O)NCC(C)CC(=O)O)cc2[N+](=O)[O-])CC1. The van der Waals surface area contributed by atoms with Crippen LogP contribution in [0.2, 0.25) is 0 Å². The minimum Gasteiger partial charge on any atom is -0.481 e. The molecule has 1 aliphatic rings. The second-order valence-electron chi connectivity index (χ2n) is 7.04. The van der Waals surface area contributed by atoms with Crippen molar-refractivity contribution in [3.05, 3.63) is 33.9 Å². The first-order valence-corrected chi connectivity index (χ1v) is 8.81. The summed E-state index contributed by atoms with van der Waals surface area (Å²) in [5, 5.41) is 22.9. The number of anilines is 1. The van der Waals surface area contributed by atoms with Gasteiger partial charge in [-0.2, -0.15) is 0 Å². The van der Waals surface area contributed by atoms with Crippen molar-refractivity contribution in [3.63, 3.8) is 0 Å². The van der Waals surface area contributed by atoms with Gasteiger partial charge in [-0.15, -0.1) is 0 Å². The van der Waals surface area contributed by atoms with Gasteiger partial charge in [-0.25, -0.2) is 0 Å². The molecular weight excluding hydrogens is 338 g/mol. The average molecular weight is 363 g/mol. The number of nitro groups is 1. The summed E-state index contributed by atoms with van der Waals surface area (Å²) in [6.45, 7) is 5.62. The summed E-state index contributed by atoms with van der Waals surface area (Å²) < 4.78 is 0. The highest BCUT2D eigenvalue weighted by Crippen LogP contribution is 2.32. The number of amides is 1.